The summed E-state index contributed by atoms with van der Waals surface area (Å²) in [4.78, 5) is 0.455. The van der Waals surface area contributed by atoms with E-state index in [1.54, 1.807) is 0 Å². The lowest BCUT2D eigenvalue weighted by Gasteiger charge is -2.10. The number of ether oxygens (including phenoxy) is 1. The third-order valence-electron chi connectivity index (χ3n) is 2.27. The molecule has 3 heteroatoms. The van der Waals surface area contributed by atoms with Crippen LogP contribution in [0.1, 0.15) is 52.4 Å². The van der Waals surface area contributed by atoms with Crippen LogP contribution in [-0.4, -0.2) is 17.7 Å². The van der Waals surface area contributed by atoms with Crippen LogP contribution in [0, 0.1) is 0 Å². The van der Waals surface area contributed by atoms with Gasteiger partial charge in [0, 0.05) is 6.61 Å². The van der Waals surface area contributed by atoms with Crippen molar-refractivity contribution in [1.82, 2.24) is 0 Å². The molecule has 0 aliphatic carbocycles. The molecule has 0 saturated carbocycles. The molecular weight excluding hydrogens is 194 g/mol. The van der Waals surface area contributed by atoms with E-state index in [-0.39, 0.29) is 6.10 Å². The van der Waals surface area contributed by atoms with Gasteiger partial charge in [0.15, 0.2) is 0 Å². The van der Waals surface area contributed by atoms with Crippen LogP contribution in [0.2, 0.25) is 0 Å². The van der Waals surface area contributed by atoms with Crippen LogP contribution < -0.4 is 5.73 Å². The maximum Gasteiger partial charge on any atom is 0.104 e. The molecule has 0 amide bonds. The second kappa shape index (κ2) is 9.41. The second-order valence-electron chi connectivity index (χ2n) is 3.68. The Morgan fingerprint density at radius 1 is 1.21 bits per heavy atom. The van der Waals surface area contributed by atoms with Crippen LogP contribution in [0.4, 0.5) is 0 Å². The topological polar surface area (TPSA) is 35.2 Å². The van der Waals surface area contributed by atoms with Gasteiger partial charge in [0.25, 0.3) is 0 Å². The fraction of sp³-hybridized carbons (Fsp3) is 0.909. The standard InChI is InChI=1S/C11H23NOS/c1-3-4-5-6-7-8-9-13-10(2)11(12)14/h10H,3-9H2,1-2H3,(H2,12,14). The van der Waals surface area contributed by atoms with Gasteiger partial charge in [-0.3, -0.25) is 0 Å². The molecule has 0 bridgehead atoms. The SMILES string of the molecule is CCCCCCCCOC(C)C(N)=S. The Kier molecular flexibility index (Phi) is 9.31. The molecule has 2 N–H and O–H groups in total. The molecule has 0 aromatic carbocycles. The first-order valence-corrected chi connectivity index (χ1v) is 6.00. The Balaban J connectivity index is 3.09. The van der Waals surface area contributed by atoms with Crippen molar-refractivity contribution >= 4 is 17.2 Å². The third kappa shape index (κ3) is 8.45. The fourth-order valence-electron chi connectivity index (χ4n) is 1.22. The van der Waals surface area contributed by atoms with E-state index in [2.05, 4.69) is 6.92 Å². The minimum atomic E-state index is -0.0689. The van der Waals surface area contributed by atoms with Crippen molar-refractivity contribution < 1.29 is 4.74 Å². The first kappa shape index (κ1) is 13.8. The van der Waals surface area contributed by atoms with Crippen molar-refractivity contribution in [2.24, 2.45) is 5.73 Å². The van der Waals surface area contributed by atoms with Gasteiger partial charge in [0.1, 0.15) is 11.1 Å². The molecule has 0 radical (unpaired) electrons. The molecular formula is C11H23NOS. The number of thiocarbonyl (C=S) groups is 1. The van der Waals surface area contributed by atoms with E-state index >= 15 is 0 Å². The largest absolute Gasteiger partial charge is 0.391 e. The van der Waals surface area contributed by atoms with E-state index in [1.807, 2.05) is 6.92 Å². The minimum absolute atomic E-state index is 0.0689. The molecule has 0 fully saturated rings. The Bertz CT molecular complexity index is 150. The average molecular weight is 217 g/mol. The van der Waals surface area contributed by atoms with E-state index in [9.17, 15) is 0 Å². The van der Waals surface area contributed by atoms with Crippen molar-refractivity contribution in [3.05, 3.63) is 0 Å². The molecule has 84 valence electrons. The summed E-state index contributed by atoms with van der Waals surface area (Å²) in [6.07, 6.45) is 7.63. The predicted molar refractivity (Wildman–Crippen MR) is 65.6 cm³/mol. The smallest absolute Gasteiger partial charge is 0.104 e. The number of hydrogen-bond donors (Lipinski definition) is 1. The summed E-state index contributed by atoms with van der Waals surface area (Å²) in [6, 6.07) is 0. The summed E-state index contributed by atoms with van der Waals surface area (Å²) in [6.45, 7) is 4.91. The molecule has 0 aromatic heterocycles. The van der Waals surface area contributed by atoms with Crippen LogP contribution in [0.25, 0.3) is 0 Å². The van der Waals surface area contributed by atoms with Gasteiger partial charge in [0.2, 0.25) is 0 Å². The van der Waals surface area contributed by atoms with E-state index in [0.29, 0.717) is 4.99 Å². The molecule has 1 unspecified atom stereocenters. The lowest BCUT2D eigenvalue weighted by Crippen LogP contribution is -2.26. The van der Waals surface area contributed by atoms with Gasteiger partial charge in [0.05, 0.1) is 0 Å². The second-order valence-corrected chi connectivity index (χ2v) is 4.15. The number of nitrogens with two attached hydrogens (primary N) is 1. The van der Waals surface area contributed by atoms with E-state index in [0.717, 1.165) is 13.0 Å². The maximum absolute atomic E-state index is 5.44. The van der Waals surface area contributed by atoms with Crippen molar-refractivity contribution in [2.75, 3.05) is 6.61 Å². The molecule has 0 aliphatic rings. The zero-order chi connectivity index (χ0) is 10.8. The van der Waals surface area contributed by atoms with Gasteiger partial charge in [-0.05, 0) is 13.3 Å². The zero-order valence-corrected chi connectivity index (χ0v) is 10.2. The molecule has 0 rings (SSSR count). The van der Waals surface area contributed by atoms with E-state index in [4.69, 9.17) is 22.7 Å². The molecule has 14 heavy (non-hydrogen) atoms. The Morgan fingerprint density at radius 2 is 1.79 bits per heavy atom. The Morgan fingerprint density at radius 3 is 2.36 bits per heavy atom. The van der Waals surface area contributed by atoms with E-state index in [1.165, 1.54) is 32.1 Å². The highest BCUT2D eigenvalue weighted by Crippen LogP contribution is 2.05. The first-order valence-electron chi connectivity index (χ1n) is 5.59. The summed E-state index contributed by atoms with van der Waals surface area (Å²) in [5.41, 5.74) is 5.42. The normalized spacial score (nSPS) is 12.7. The van der Waals surface area contributed by atoms with Gasteiger partial charge in [-0.1, -0.05) is 51.2 Å². The summed E-state index contributed by atoms with van der Waals surface area (Å²) >= 11 is 4.81. The lowest BCUT2D eigenvalue weighted by molar-refractivity contribution is 0.106. The van der Waals surface area contributed by atoms with Gasteiger partial charge in [-0.2, -0.15) is 0 Å². The van der Waals surface area contributed by atoms with Crippen molar-refractivity contribution in [1.29, 1.82) is 0 Å². The van der Waals surface area contributed by atoms with Crippen molar-refractivity contribution in [3.63, 3.8) is 0 Å². The summed E-state index contributed by atoms with van der Waals surface area (Å²) in [5.74, 6) is 0. The van der Waals surface area contributed by atoms with Gasteiger partial charge in [-0.15, -0.1) is 0 Å². The van der Waals surface area contributed by atoms with Gasteiger partial charge < -0.3 is 10.5 Å². The van der Waals surface area contributed by atoms with Crippen LogP contribution in [0.3, 0.4) is 0 Å². The molecule has 0 aliphatic heterocycles. The van der Waals surface area contributed by atoms with Crippen LogP contribution >= 0.6 is 12.2 Å². The van der Waals surface area contributed by atoms with Gasteiger partial charge >= 0.3 is 0 Å². The average Bonchev–Trinajstić information content (AvgIpc) is 2.16. The summed E-state index contributed by atoms with van der Waals surface area (Å²) in [5, 5.41) is 0. The molecule has 1 atom stereocenters. The van der Waals surface area contributed by atoms with E-state index < -0.39 is 0 Å². The highest BCUT2D eigenvalue weighted by Gasteiger charge is 2.03. The monoisotopic (exact) mass is 217 g/mol. The van der Waals surface area contributed by atoms with Crippen molar-refractivity contribution in [2.45, 2.75) is 58.5 Å². The minimum Gasteiger partial charge on any atom is -0.391 e. The maximum atomic E-state index is 5.44. The zero-order valence-electron chi connectivity index (χ0n) is 9.42. The highest BCUT2D eigenvalue weighted by atomic mass is 32.1. The van der Waals surface area contributed by atoms with Crippen molar-refractivity contribution in [3.8, 4) is 0 Å². The Labute approximate surface area is 93.2 Å². The highest BCUT2D eigenvalue weighted by molar-refractivity contribution is 7.80. The fourth-order valence-corrected chi connectivity index (χ4v) is 1.29. The van der Waals surface area contributed by atoms with Crippen LogP contribution in [0.15, 0.2) is 0 Å². The molecule has 0 aromatic rings. The number of hydrogen-bond acceptors (Lipinski definition) is 2. The predicted octanol–water partition coefficient (Wildman–Crippen LogP) is 3.04. The Hall–Kier alpha value is -0.150. The third-order valence-corrected chi connectivity index (χ3v) is 2.60. The number of rotatable bonds is 9. The molecule has 0 saturated heterocycles. The first-order chi connectivity index (χ1) is 6.68. The van der Waals surface area contributed by atoms with Crippen LogP contribution in [0.5, 0.6) is 0 Å². The number of unbranched alkanes of at least 4 members (excludes halogenated alkanes) is 5. The molecule has 2 nitrogen and oxygen atoms in total. The van der Waals surface area contributed by atoms with Gasteiger partial charge in [-0.25, -0.2) is 0 Å². The quantitative estimate of drug-likeness (QED) is 0.476. The molecule has 0 spiro atoms. The van der Waals surface area contributed by atoms with Crippen LogP contribution in [-0.2, 0) is 4.74 Å². The molecule has 0 heterocycles. The lowest BCUT2D eigenvalue weighted by atomic mass is 10.1. The summed E-state index contributed by atoms with van der Waals surface area (Å²) in [7, 11) is 0. The summed E-state index contributed by atoms with van der Waals surface area (Å²) < 4.78 is 5.44.